The summed E-state index contributed by atoms with van der Waals surface area (Å²) < 4.78 is 6.21. The van der Waals surface area contributed by atoms with E-state index in [2.05, 4.69) is 26.1 Å². The lowest BCUT2D eigenvalue weighted by atomic mass is 10.1. The largest absolute Gasteiger partial charge is 0.334 e. The number of aryl methyl sites for hydroxylation is 1. The van der Waals surface area contributed by atoms with Gasteiger partial charge in [0.05, 0.1) is 6.04 Å². The van der Waals surface area contributed by atoms with Gasteiger partial charge in [0.15, 0.2) is 5.82 Å². The number of nitrogens with two attached hydrogens (primary N) is 1. The van der Waals surface area contributed by atoms with Gasteiger partial charge in [0, 0.05) is 10.0 Å². The molecule has 17 heavy (non-hydrogen) atoms. The van der Waals surface area contributed by atoms with Crippen LogP contribution in [0.5, 0.6) is 0 Å². The van der Waals surface area contributed by atoms with E-state index in [1.54, 1.807) is 0 Å². The highest BCUT2D eigenvalue weighted by Gasteiger charge is 2.14. The van der Waals surface area contributed by atoms with E-state index in [-0.39, 0.29) is 6.04 Å². The number of hydrogen-bond acceptors (Lipinski definition) is 4. The van der Waals surface area contributed by atoms with Gasteiger partial charge in [-0.2, -0.15) is 4.98 Å². The summed E-state index contributed by atoms with van der Waals surface area (Å²) in [5, 5.41) is 3.90. The standard InChI is InChI=1S/C12H14BrN3O/c1-3-10(14)11-15-12(17-16-11)8-4-7(2)5-9(13)6-8/h4-6,10H,3,14H2,1-2H3. The van der Waals surface area contributed by atoms with E-state index in [4.69, 9.17) is 10.3 Å². The van der Waals surface area contributed by atoms with Crippen LogP contribution < -0.4 is 5.73 Å². The van der Waals surface area contributed by atoms with Gasteiger partial charge in [-0.15, -0.1) is 0 Å². The van der Waals surface area contributed by atoms with Gasteiger partial charge in [0.25, 0.3) is 5.89 Å². The van der Waals surface area contributed by atoms with Crippen LogP contribution in [0.25, 0.3) is 11.5 Å². The van der Waals surface area contributed by atoms with Crippen molar-refractivity contribution in [1.29, 1.82) is 0 Å². The molecule has 1 aromatic heterocycles. The molecule has 1 unspecified atom stereocenters. The number of rotatable bonds is 3. The molecule has 2 N–H and O–H groups in total. The van der Waals surface area contributed by atoms with Crippen molar-refractivity contribution in [3.63, 3.8) is 0 Å². The first-order valence-corrected chi connectivity index (χ1v) is 6.26. The monoisotopic (exact) mass is 295 g/mol. The molecule has 90 valence electrons. The van der Waals surface area contributed by atoms with Gasteiger partial charge in [0.2, 0.25) is 0 Å². The summed E-state index contributed by atoms with van der Waals surface area (Å²) in [6.45, 7) is 4.01. The zero-order chi connectivity index (χ0) is 12.4. The first kappa shape index (κ1) is 12.3. The van der Waals surface area contributed by atoms with Crippen molar-refractivity contribution in [2.75, 3.05) is 0 Å². The topological polar surface area (TPSA) is 64.9 Å². The molecule has 0 amide bonds. The number of nitrogens with zero attached hydrogens (tertiary/aromatic N) is 2. The van der Waals surface area contributed by atoms with E-state index in [1.165, 1.54) is 0 Å². The fraction of sp³-hybridized carbons (Fsp3) is 0.333. The normalized spacial score (nSPS) is 12.7. The van der Waals surface area contributed by atoms with E-state index in [1.807, 2.05) is 32.0 Å². The molecule has 2 aromatic rings. The van der Waals surface area contributed by atoms with Crippen molar-refractivity contribution in [3.05, 3.63) is 34.1 Å². The van der Waals surface area contributed by atoms with Crippen molar-refractivity contribution in [2.45, 2.75) is 26.3 Å². The minimum atomic E-state index is -0.166. The van der Waals surface area contributed by atoms with Gasteiger partial charge in [-0.3, -0.25) is 0 Å². The number of benzene rings is 1. The molecule has 1 atom stereocenters. The quantitative estimate of drug-likeness (QED) is 0.944. The number of hydrogen-bond donors (Lipinski definition) is 1. The smallest absolute Gasteiger partial charge is 0.258 e. The van der Waals surface area contributed by atoms with Gasteiger partial charge in [-0.25, -0.2) is 0 Å². The third kappa shape index (κ3) is 2.73. The second kappa shape index (κ2) is 4.98. The van der Waals surface area contributed by atoms with Crippen LogP contribution in [0.4, 0.5) is 0 Å². The minimum Gasteiger partial charge on any atom is -0.334 e. The molecule has 0 saturated heterocycles. The molecule has 1 heterocycles. The molecule has 0 aliphatic rings. The molecule has 0 fully saturated rings. The van der Waals surface area contributed by atoms with Gasteiger partial charge in [0.1, 0.15) is 0 Å². The SMILES string of the molecule is CCC(N)c1noc(-c2cc(C)cc(Br)c2)n1. The summed E-state index contributed by atoms with van der Waals surface area (Å²) in [5.74, 6) is 1.06. The molecular formula is C12H14BrN3O. The molecule has 1 aromatic carbocycles. The van der Waals surface area contributed by atoms with Crippen molar-refractivity contribution < 1.29 is 4.52 Å². The summed E-state index contributed by atoms with van der Waals surface area (Å²) in [4.78, 5) is 4.31. The highest BCUT2D eigenvalue weighted by Crippen LogP contribution is 2.24. The first-order valence-electron chi connectivity index (χ1n) is 5.47. The Hall–Kier alpha value is -1.20. The Kier molecular flexibility index (Phi) is 3.59. The lowest BCUT2D eigenvalue weighted by Gasteiger charge is -2.00. The van der Waals surface area contributed by atoms with Crippen molar-refractivity contribution >= 4 is 15.9 Å². The van der Waals surface area contributed by atoms with Crippen molar-refractivity contribution in [3.8, 4) is 11.5 Å². The first-order chi connectivity index (χ1) is 8.10. The highest BCUT2D eigenvalue weighted by molar-refractivity contribution is 9.10. The van der Waals surface area contributed by atoms with E-state index in [0.29, 0.717) is 11.7 Å². The molecule has 5 heteroatoms. The van der Waals surface area contributed by atoms with Crippen LogP contribution in [0.1, 0.15) is 30.8 Å². The third-order valence-electron chi connectivity index (χ3n) is 2.50. The van der Waals surface area contributed by atoms with Crippen LogP contribution in [0, 0.1) is 6.92 Å². The summed E-state index contributed by atoms with van der Waals surface area (Å²) in [6, 6.07) is 5.81. The zero-order valence-electron chi connectivity index (χ0n) is 9.77. The maximum absolute atomic E-state index is 5.85. The average Bonchev–Trinajstić information content (AvgIpc) is 2.76. The summed E-state index contributed by atoms with van der Waals surface area (Å²) in [6.07, 6.45) is 0.788. The van der Waals surface area contributed by atoms with E-state index in [9.17, 15) is 0 Å². The lowest BCUT2D eigenvalue weighted by Crippen LogP contribution is -2.10. The number of aromatic nitrogens is 2. The van der Waals surface area contributed by atoms with Crippen LogP contribution in [-0.4, -0.2) is 10.1 Å². The van der Waals surface area contributed by atoms with Crippen molar-refractivity contribution in [2.24, 2.45) is 5.73 Å². The number of halogens is 1. The van der Waals surface area contributed by atoms with Crippen LogP contribution in [0.15, 0.2) is 27.2 Å². The van der Waals surface area contributed by atoms with Crippen LogP contribution in [0.2, 0.25) is 0 Å². The highest BCUT2D eigenvalue weighted by atomic mass is 79.9. The lowest BCUT2D eigenvalue weighted by molar-refractivity contribution is 0.415. The summed E-state index contributed by atoms with van der Waals surface area (Å²) in [7, 11) is 0. The zero-order valence-corrected chi connectivity index (χ0v) is 11.4. The van der Waals surface area contributed by atoms with Gasteiger partial charge < -0.3 is 10.3 Å². The second-order valence-electron chi connectivity index (χ2n) is 3.99. The van der Waals surface area contributed by atoms with E-state index in [0.717, 1.165) is 22.0 Å². The van der Waals surface area contributed by atoms with Crippen LogP contribution in [-0.2, 0) is 0 Å². The second-order valence-corrected chi connectivity index (χ2v) is 4.91. The predicted molar refractivity (Wildman–Crippen MR) is 69.4 cm³/mol. The molecule has 2 rings (SSSR count). The molecule has 0 bridgehead atoms. The molecule has 4 nitrogen and oxygen atoms in total. The molecule has 0 aliphatic carbocycles. The third-order valence-corrected chi connectivity index (χ3v) is 2.96. The Labute approximate surface area is 108 Å². The maximum Gasteiger partial charge on any atom is 0.258 e. The Bertz CT molecular complexity index is 504. The fourth-order valence-electron chi connectivity index (χ4n) is 1.55. The molecule has 0 aliphatic heterocycles. The Morgan fingerprint density at radius 1 is 1.41 bits per heavy atom. The van der Waals surface area contributed by atoms with Crippen molar-refractivity contribution in [1.82, 2.24) is 10.1 Å². The summed E-state index contributed by atoms with van der Waals surface area (Å²) in [5.41, 5.74) is 7.89. The van der Waals surface area contributed by atoms with E-state index < -0.39 is 0 Å². The Balaban J connectivity index is 2.36. The predicted octanol–water partition coefficient (Wildman–Crippen LogP) is 3.22. The molecule has 0 saturated carbocycles. The van der Waals surface area contributed by atoms with Crippen LogP contribution in [0.3, 0.4) is 0 Å². The fourth-order valence-corrected chi connectivity index (χ4v) is 2.15. The van der Waals surface area contributed by atoms with Gasteiger partial charge in [-0.1, -0.05) is 28.0 Å². The Morgan fingerprint density at radius 2 is 2.18 bits per heavy atom. The van der Waals surface area contributed by atoms with Gasteiger partial charge in [-0.05, 0) is 37.1 Å². The van der Waals surface area contributed by atoms with Gasteiger partial charge >= 0.3 is 0 Å². The minimum absolute atomic E-state index is 0.166. The van der Waals surface area contributed by atoms with E-state index >= 15 is 0 Å². The summed E-state index contributed by atoms with van der Waals surface area (Å²) >= 11 is 3.45. The molecular weight excluding hydrogens is 282 g/mol. The van der Waals surface area contributed by atoms with Crippen LogP contribution >= 0.6 is 15.9 Å². The molecule has 0 spiro atoms. The molecule has 0 radical (unpaired) electrons. The average molecular weight is 296 g/mol. The Morgan fingerprint density at radius 3 is 2.82 bits per heavy atom. The maximum atomic E-state index is 5.85.